The normalized spacial score (nSPS) is 15.5. The van der Waals surface area contributed by atoms with Gasteiger partial charge >= 0.3 is 0 Å². The quantitative estimate of drug-likeness (QED) is 0.804. The first-order valence-electron chi connectivity index (χ1n) is 6.51. The Balaban J connectivity index is 1.70. The molecule has 4 heteroatoms. The first kappa shape index (κ1) is 13.0. The second-order valence-electron chi connectivity index (χ2n) is 5.08. The molecule has 0 amide bonds. The van der Waals surface area contributed by atoms with Gasteiger partial charge in [0.2, 0.25) is 0 Å². The lowest BCUT2D eigenvalue weighted by molar-refractivity contribution is 0.0922. The van der Waals surface area contributed by atoms with Gasteiger partial charge < -0.3 is 0 Å². The van der Waals surface area contributed by atoms with Crippen LogP contribution in [0.25, 0.3) is 0 Å². The zero-order valence-electron chi connectivity index (χ0n) is 11.2. The minimum atomic E-state index is 0.264. The summed E-state index contributed by atoms with van der Waals surface area (Å²) in [6, 6.07) is 4.22. The minimum absolute atomic E-state index is 0.264. The molecule has 0 radical (unpaired) electrons. The first-order valence-corrected chi connectivity index (χ1v) is 8.21. The van der Waals surface area contributed by atoms with E-state index in [1.165, 1.54) is 15.3 Å². The van der Waals surface area contributed by atoms with Crippen LogP contribution in [0.1, 0.15) is 30.6 Å². The van der Waals surface area contributed by atoms with E-state index in [-0.39, 0.29) is 5.78 Å². The monoisotopic (exact) mass is 291 g/mol. The molecule has 100 valence electrons. The molecule has 3 heterocycles. The van der Waals surface area contributed by atoms with E-state index < -0.39 is 0 Å². The predicted molar refractivity (Wildman–Crippen MR) is 81.4 cm³/mol. The maximum Gasteiger partial charge on any atom is 0.177 e. The van der Waals surface area contributed by atoms with Crippen LogP contribution in [0.15, 0.2) is 17.5 Å². The van der Waals surface area contributed by atoms with Gasteiger partial charge in [-0.25, -0.2) is 0 Å². The van der Waals surface area contributed by atoms with Crippen molar-refractivity contribution in [1.29, 1.82) is 0 Å². The van der Waals surface area contributed by atoms with E-state index in [0.717, 1.165) is 30.0 Å². The standard InChI is InChI=1S/C15H17NOS2/c1-10-7-13(11(2)19-10)14(17)9-16-5-3-15-12(8-16)4-6-18-15/h4,6-7H,3,5,8-9H2,1-2H3. The minimum Gasteiger partial charge on any atom is -0.293 e. The number of Topliss-reactive ketones (excluding diaryl/α,β-unsaturated/α-hetero) is 1. The molecule has 2 nitrogen and oxygen atoms in total. The van der Waals surface area contributed by atoms with Gasteiger partial charge in [0.15, 0.2) is 5.78 Å². The molecule has 0 spiro atoms. The summed E-state index contributed by atoms with van der Waals surface area (Å²) in [5.74, 6) is 0.264. The van der Waals surface area contributed by atoms with Gasteiger partial charge in [0.1, 0.15) is 0 Å². The maximum atomic E-state index is 12.4. The van der Waals surface area contributed by atoms with Crippen LogP contribution >= 0.6 is 22.7 Å². The van der Waals surface area contributed by atoms with Gasteiger partial charge in [-0.1, -0.05) is 0 Å². The number of hydrogen-bond acceptors (Lipinski definition) is 4. The van der Waals surface area contributed by atoms with Crippen LogP contribution in [0.3, 0.4) is 0 Å². The van der Waals surface area contributed by atoms with Crippen LogP contribution in [-0.2, 0) is 13.0 Å². The smallest absolute Gasteiger partial charge is 0.177 e. The van der Waals surface area contributed by atoms with Gasteiger partial charge in [0.25, 0.3) is 0 Å². The number of hydrogen-bond donors (Lipinski definition) is 0. The zero-order valence-corrected chi connectivity index (χ0v) is 12.9. The Morgan fingerprint density at radius 1 is 1.42 bits per heavy atom. The molecular weight excluding hydrogens is 274 g/mol. The SMILES string of the molecule is Cc1cc(C(=O)CN2CCc3sccc3C2)c(C)s1. The summed E-state index contributed by atoms with van der Waals surface area (Å²) in [6.07, 6.45) is 1.09. The maximum absolute atomic E-state index is 12.4. The molecule has 0 aromatic carbocycles. The zero-order chi connectivity index (χ0) is 13.4. The van der Waals surface area contributed by atoms with E-state index >= 15 is 0 Å². The molecule has 0 unspecified atom stereocenters. The lowest BCUT2D eigenvalue weighted by atomic mass is 10.1. The van der Waals surface area contributed by atoms with Gasteiger partial charge in [-0.15, -0.1) is 22.7 Å². The van der Waals surface area contributed by atoms with E-state index in [9.17, 15) is 4.79 Å². The Morgan fingerprint density at radius 2 is 2.26 bits per heavy atom. The molecule has 0 fully saturated rings. The highest BCUT2D eigenvalue weighted by Gasteiger charge is 2.21. The number of thiophene rings is 2. The number of aryl methyl sites for hydroxylation is 2. The highest BCUT2D eigenvalue weighted by Crippen LogP contribution is 2.25. The van der Waals surface area contributed by atoms with Crippen LogP contribution in [0.5, 0.6) is 0 Å². The summed E-state index contributed by atoms with van der Waals surface area (Å²) in [6.45, 7) is 6.57. The number of carbonyl (C=O) groups is 1. The molecule has 0 aliphatic carbocycles. The van der Waals surface area contributed by atoms with Crippen LogP contribution in [0, 0.1) is 13.8 Å². The van der Waals surface area contributed by atoms with Crippen LogP contribution in [0.2, 0.25) is 0 Å². The molecular formula is C15H17NOS2. The molecule has 0 saturated heterocycles. The van der Waals surface area contributed by atoms with Crippen LogP contribution in [-0.4, -0.2) is 23.8 Å². The average Bonchev–Trinajstić information content (AvgIpc) is 2.94. The molecule has 0 N–H and O–H groups in total. The second-order valence-corrected chi connectivity index (χ2v) is 7.54. The Bertz CT molecular complexity index is 611. The molecule has 19 heavy (non-hydrogen) atoms. The van der Waals surface area contributed by atoms with Crippen molar-refractivity contribution >= 4 is 28.5 Å². The highest BCUT2D eigenvalue weighted by molar-refractivity contribution is 7.12. The molecule has 0 bridgehead atoms. The predicted octanol–water partition coefficient (Wildman–Crippen LogP) is 3.67. The van der Waals surface area contributed by atoms with E-state index in [4.69, 9.17) is 0 Å². The summed E-state index contributed by atoms with van der Waals surface area (Å²) < 4.78 is 0. The number of rotatable bonds is 3. The Labute approximate surface area is 121 Å². The number of fused-ring (bicyclic) bond motifs is 1. The third kappa shape index (κ3) is 2.66. The molecule has 0 saturated carbocycles. The summed E-state index contributed by atoms with van der Waals surface area (Å²) in [5.41, 5.74) is 2.32. The fraction of sp³-hybridized carbons (Fsp3) is 0.400. The second kappa shape index (κ2) is 5.19. The van der Waals surface area contributed by atoms with Crippen molar-refractivity contribution in [3.05, 3.63) is 43.3 Å². The van der Waals surface area contributed by atoms with Crippen molar-refractivity contribution in [3.8, 4) is 0 Å². The number of carbonyl (C=O) groups excluding carboxylic acids is 1. The Hall–Kier alpha value is -0.970. The fourth-order valence-corrected chi connectivity index (χ4v) is 4.47. The molecule has 2 aromatic heterocycles. The topological polar surface area (TPSA) is 20.3 Å². The highest BCUT2D eigenvalue weighted by atomic mass is 32.1. The van der Waals surface area contributed by atoms with Gasteiger partial charge in [0.05, 0.1) is 6.54 Å². The lowest BCUT2D eigenvalue weighted by Gasteiger charge is -2.25. The van der Waals surface area contributed by atoms with E-state index in [0.29, 0.717) is 6.54 Å². The van der Waals surface area contributed by atoms with E-state index in [1.807, 2.05) is 24.3 Å². The third-order valence-corrected chi connectivity index (χ3v) is 5.58. The number of nitrogens with zero attached hydrogens (tertiary/aromatic N) is 1. The van der Waals surface area contributed by atoms with E-state index in [1.54, 1.807) is 11.3 Å². The van der Waals surface area contributed by atoms with Crippen molar-refractivity contribution in [1.82, 2.24) is 4.90 Å². The molecule has 1 aliphatic rings. The van der Waals surface area contributed by atoms with Gasteiger partial charge in [-0.3, -0.25) is 9.69 Å². The molecule has 3 rings (SSSR count). The Kier molecular flexibility index (Phi) is 3.56. The van der Waals surface area contributed by atoms with Crippen molar-refractivity contribution < 1.29 is 4.79 Å². The third-order valence-electron chi connectivity index (χ3n) is 3.60. The van der Waals surface area contributed by atoms with Crippen LogP contribution in [0.4, 0.5) is 0 Å². The van der Waals surface area contributed by atoms with Crippen molar-refractivity contribution in [2.75, 3.05) is 13.1 Å². The van der Waals surface area contributed by atoms with Gasteiger partial charge in [-0.05, 0) is 43.3 Å². The summed E-state index contributed by atoms with van der Waals surface area (Å²) in [7, 11) is 0. The average molecular weight is 291 g/mol. The van der Waals surface area contributed by atoms with Crippen LogP contribution < -0.4 is 0 Å². The van der Waals surface area contributed by atoms with Crippen molar-refractivity contribution in [2.24, 2.45) is 0 Å². The first-order chi connectivity index (χ1) is 9.13. The Morgan fingerprint density at radius 3 is 3.00 bits per heavy atom. The lowest BCUT2D eigenvalue weighted by Crippen LogP contribution is -2.34. The largest absolute Gasteiger partial charge is 0.293 e. The summed E-state index contributed by atoms with van der Waals surface area (Å²) in [5, 5.41) is 2.16. The van der Waals surface area contributed by atoms with Gasteiger partial charge in [-0.2, -0.15) is 0 Å². The fourth-order valence-electron chi connectivity index (χ4n) is 2.64. The molecule has 1 aliphatic heterocycles. The number of ketones is 1. The van der Waals surface area contributed by atoms with Crippen molar-refractivity contribution in [2.45, 2.75) is 26.8 Å². The van der Waals surface area contributed by atoms with Crippen molar-refractivity contribution in [3.63, 3.8) is 0 Å². The summed E-state index contributed by atoms with van der Waals surface area (Å²) >= 11 is 3.55. The molecule has 0 atom stereocenters. The van der Waals surface area contributed by atoms with Gasteiger partial charge in [0, 0.05) is 33.3 Å². The summed E-state index contributed by atoms with van der Waals surface area (Å²) in [4.78, 5) is 18.5. The van der Waals surface area contributed by atoms with E-state index in [2.05, 4.69) is 23.3 Å². The molecule has 2 aromatic rings.